The molecule has 29 heavy (non-hydrogen) atoms. The predicted molar refractivity (Wildman–Crippen MR) is 116 cm³/mol. The summed E-state index contributed by atoms with van der Waals surface area (Å²) in [6, 6.07) is 19.9. The molecule has 0 radical (unpaired) electrons. The van der Waals surface area contributed by atoms with E-state index in [2.05, 4.69) is 38.2 Å². The molecule has 0 saturated heterocycles. The third-order valence-electron chi connectivity index (χ3n) is 5.20. The third-order valence-corrected chi connectivity index (χ3v) is 5.49. The largest absolute Gasteiger partial charge is 0.360 e. The van der Waals surface area contributed by atoms with Crippen molar-refractivity contribution in [3.05, 3.63) is 94.3 Å². The second-order valence-electron chi connectivity index (χ2n) is 8.24. The topological polar surface area (TPSA) is 32.3 Å². The fourth-order valence-electron chi connectivity index (χ4n) is 3.55. The molecule has 0 aromatic heterocycles. The van der Waals surface area contributed by atoms with Crippen molar-refractivity contribution in [1.29, 1.82) is 0 Å². The normalized spacial score (nSPS) is 16.4. The number of hydrogen-bond acceptors (Lipinski definition) is 2. The van der Waals surface area contributed by atoms with E-state index in [1.807, 2.05) is 30.3 Å². The smallest absolute Gasteiger partial charge is 0.262 e. The highest BCUT2D eigenvalue weighted by molar-refractivity contribution is 6.31. The molecular weight excluding hydrogens is 387 g/mol. The minimum atomic E-state index is -0.515. The van der Waals surface area contributed by atoms with Crippen LogP contribution in [0.1, 0.15) is 48.4 Å². The van der Waals surface area contributed by atoms with Crippen LogP contribution in [0.5, 0.6) is 0 Å². The number of carbonyl (C=O) groups excluding carboxylic acids is 1. The van der Waals surface area contributed by atoms with Crippen molar-refractivity contribution in [3.8, 4) is 0 Å². The second-order valence-corrected chi connectivity index (χ2v) is 8.65. The van der Waals surface area contributed by atoms with Crippen LogP contribution in [0.2, 0.25) is 5.02 Å². The molecule has 1 aliphatic heterocycles. The summed E-state index contributed by atoms with van der Waals surface area (Å²) in [6.07, 6.45) is -0.437. The first-order valence-corrected chi connectivity index (χ1v) is 9.88. The highest BCUT2D eigenvalue weighted by Crippen LogP contribution is 2.38. The van der Waals surface area contributed by atoms with Crippen LogP contribution in [0.3, 0.4) is 0 Å². The first-order valence-electron chi connectivity index (χ1n) is 9.50. The molecule has 0 spiro atoms. The molecule has 148 valence electrons. The summed E-state index contributed by atoms with van der Waals surface area (Å²) < 4.78 is 13.7. The number of para-hydroxylation sites is 1. The summed E-state index contributed by atoms with van der Waals surface area (Å²) in [5.74, 6) is -0.675. The molecule has 1 unspecified atom stereocenters. The van der Waals surface area contributed by atoms with Crippen molar-refractivity contribution in [1.82, 2.24) is 0 Å². The molecule has 0 fully saturated rings. The van der Waals surface area contributed by atoms with Gasteiger partial charge >= 0.3 is 0 Å². The van der Waals surface area contributed by atoms with Gasteiger partial charge in [-0.2, -0.15) is 0 Å². The van der Waals surface area contributed by atoms with Crippen LogP contribution >= 0.6 is 11.6 Å². The molecule has 3 aromatic carbocycles. The second kappa shape index (κ2) is 7.20. The van der Waals surface area contributed by atoms with E-state index in [4.69, 9.17) is 11.6 Å². The van der Waals surface area contributed by atoms with E-state index in [0.717, 1.165) is 11.3 Å². The fraction of sp³-hybridized carbons (Fsp3) is 0.208. The van der Waals surface area contributed by atoms with Gasteiger partial charge in [0.15, 0.2) is 0 Å². The lowest BCUT2D eigenvalue weighted by Crippen LogP contribution is -2.43. The number of amides is 1. The Morgan fingerprint density at radius 3 is 2.34 bits per heavy atom. The van der Waals surface area contributed by atoms with Crippen molar-refractivity contribution >= 4 is 28.9 Å². The summed E-state index contributed by atoms with van der Waals surface area (Å²) in [7, 11) is 0. The standard InChI is InChI=1S/C24H22ClFN2O/c1-24(2,3)16-10-8-15(9-11-16)22-27-21-7-5-4-6-18(21)23(29)28(22)17-12-13-20(26)19(25)14-17/h4-14,22,27H,1-3H3. The first kappa shape index (κ1) is 19.5. The molecule has 1 aliphatic rings. The molecule has 1 heterocycles. The molecule has 4 rings (SSSR count). The number of anilines is 2. The van der Waals surface area contributed by atoms with Gasteiger partial charge in [0.25, 0.3) is 5.91 Å². The molecule has 1 atom stereocenters. The maximum absolute atomic E-state index is 13.7. The van der Waals surface area contributed by atoms with Gasteiger partial charge in [-0.1, -0.05) is 68.8 Å². The van der Waals surface area contributed by atoms with Crippen molar-refractivity contribution in [2.45, 2.75) is 32.4 Å². The average molecular weight is 409 g/mol. The van der Waals surface area contributed by atoms with Gasteiger partial charge in [-0.3, -0.25) is 9.69 Å². The van der Waals surface area contributed by atoms with Gasteiger partial charge in [0.05, 0.1) is 10.6 Å². The van der Waals surface area contributed by atoms with Gasteiger partial charge in [0, 0.05) is 11.4 Å². The van der Waals surface area contributed by atoms with Gasteiger partial charge < -0.3 is 5.32 Å². The number of fused-ring (bicyclic) bond motifs is 1. The molecule has 0 aliphatic carbocycles. The lowest BCUT2D eigenvalue weighted by Gasteiger charge is -2.38. The Bertz CT molecular complexity index is 1070. The number of hydrogen-bond donors (Lipinski definition) is 1. The molecule has 3 nitrogen and oxygen atoms in total. The van der Waals surface area contributed by atoms with Crippen LogP contribution in [0, 0.1) is 5.82 Å². The van der Waals surface area contributed by atoms with Crippen LogP contribution in [0.25, 0.3) is 0 Å². The van der Waals surface area contributed by atoms with Crippen LogP contribution in [-0.2, 0) is 5.41 Å². The van der Waals surface area contributed by atoms with Gasteiger partial charge in [-0.05, 0) is 46.9 Å². The number of rotatable bonds is 2. The summed E-state index contributed by atoms with van der Waals surface area (Å²) in [4.78, 5) is 15.0. The summed E-state index contributed by atoms with van der Waals surface area (Å²) in [5, 5.41) is 3.44. The first-order chi connectivity index (χ1) is 13.8. The van der Waals surface area contributed by atoms with E-state index in [9.17, 15) is 9.18 Å². The Balaban J connectivity index is 1.82. The van der Waals surface area contributed by atoms with Gasteiger partial charge in [-0.15, -0.1) is 0 Å². The zero-order valence-electron chi connectivity index (χ0n) is 16.5. The highest BCUT2D eigenvalue weighted by Gasteiger charge is 2.34. The van der Waals surface area contributed by atoms with Crippen LogP contribution < -0.4 is 10.2 Å². The van der Waals surface area contributed by atoms with Crippen molar-refractivity contribution < 1.29 is 9.18 Å². The highest BCUT2D eigenvalue weighted by atomic mass is 35.5. The van der Waals surface area contributed by atoms with Crippen LogP contribution in [0.15, 0.2) is 66.7 Å². The van der Waals surface area contributed by atoms with Crippen LogP contribution in [-0.4, -0.2) is 5.91 Å². The number of benzene rings is 3. The SMILES string of the molecule is CC(C)(C)c1ccc(C2Nc3ccccc3C(=O)N2c2ccc(F)c(Cl)c2)cc1. The van der Waals surface area contributed by atoms with Gasteiger partial charge in [-0.25, -0.2) is 4.39 Å². The quantitative estimate of drug-likeness (QED) is 0.521. The summed E-state index contributed by atoms with van der Waals surface area (Å²) in [6.45, 7) is 6.48. The van der Waals surface area contributed by atoms with E-state index in [-0.39, 0.29) is 16.3 Å². The predicted octanol–water partition coefficient (Wildman–Crippen LogP) is 6.55. The number of nitrogens with one attached hydrogen (secondary N) is 1. The minimum Gasteiger partial charge on any atom is -0.360 e. The van der Waals surface area contributed by atoms with Crippen molar-refractivity contribution in [2.75, 3.05) is 10.2 Å². The van der Waals surface area contributed by atoms with E-state index in [1.165, 1.54) is 17.7 Å². The maximum Gasteiger partial charge on any atom is 0.262 e. The zero-order chi connectivity index (χ0) is 20.8. The molecule has 3 aromatic rings. The molecular formula is C24H22ClFN2O. The Kier molecular flexibility index (Phi) is 4.83. The Morgan fingerprint density at radius 2 is 1.69 bits per heavy atom. The lowest BCUT2D eigenvalue weighted by atomic mass is 9.86. The number of carbonyl (C=O) groups is 1. The molecule has 1 N–H and O–H groups in total. The maximum atomic E-state index is 13.7. The van der Waals surface area contributed by atoms with Crippen LogP contribution in [0.4, 0.5) is 15.8 Å². The molecule has 0 bridgehead atoms. The average Bonchev–Trinajstić information content (AvgIpc) is 2.70. The fourth-order valence-corrected chi connectivity index (χ4v) is 3.73. The lowest BCUT2D eigenvalue weighted by molar-refractivity contribution is 0.0975. The van der Waals surface area contributed by atoms with E-state index < -0.39 is 12.0 Å². The number of nitrogens with zero attached hydrogens (tertiary/aromatic N) is 1. The molecule has 1 amide bonds. The molecule has 0 saturated carbocycles. The van der Waals surface area contributed by atoms with E-state index in [0.29, 0.717) is 11.3 Å². The Morgan fingerprint density at radius 1 is 1.00 bits per heavy atom. The van der Waals surface area contributed by atoms with Crippen molar-refractivity contribution in [2.24, 2.45) is 0 Å². The monoisotopic (exact) mass is 408 g/mol. The Hall–Kier alpha value is -2.85. The summed E-state index contributed by atoms with van der Waals surface area (Å²) in [5.41, 5.74) is 4.04. The number of halogens is 2. The minimum absolute atomic E-state index is 0.0176. The molecule has 5 heteroatoms. The van der Waals surface area contributed by atoms with Gasteiger partial charge in [0.1, 0.15) is 12.0 Å². The Labute approximate surface area is 175 Å². The van der Waals surface area contributed by atoms with E-state index in [1.54, 1.807) is 17.0 Å². The van der Waals surface area contributed by atoms with E-state index >= 15 is 0 Å². The summed E-state index contributed by atoms with van der Waals surface area (Å²) >= 11 is 6.01. The third kappa shape index (κ3) is 3.60. The van der Waals surface area contributed by atoms with Crippen molar-refractivity contribution in [3.63, 3.8) is 0 Å². The van der Waals surface area contributed by atoms with Gasteiger partial charge in [0.2, 0.25) is 0 Å². The zero-order valence-corrected chi connectivity index (χ0v) is 17.3.